The molecule has 1 amide bonds. The summed E-state index contributed by atoms with van der Waals surface area (Å²) in [5.74, 6) is -0.263. The summed E-state index contributed by atoms with van der Waals surface area (Å²) in [6.07, 6.45) is -2.12. The second-order valence-electron chi connectivity index (χ2n) is 8.10. The largest absolute Gasteiger partial charge is 0.493 e. The molecule has 1 N–H and O–H groups in total. The number of hydrogen-bond acceptors (Lipinski definition) is 7. The van der Waals surface area contributed by atoms with E-state index >= 15 is 0 Å². The predicted molar refractivity (Wildman–Crippen MR) is 121 cm³/mol. The number of halogens is 3. The summed E-state index contributed by atoms with van der Waals surface area (Å²) in [5.41, 5.74) is 0.288. The van der Waals surface area contributed by atoms with Crippen LogP contribution in [-0.4, -0.2) is 44.2 Å². The molecule has 0 radical (unpaired) electrons. The van der Waals surface area contributed by atoms with Crippen LogP contribution in [0.1, 0.15) is 29.0 Å². The molecule has 2 aliphatic rings. The van der Waals surface area contributed by atoms with Crippen LogP contribution in [0.3, 0.4) is 0 Å². The van der Waals surface area contributed by atoms with Gasteiger partial charge in [0.05, 0.1) is 29.3 Å². The lowest BCUT2D eigenvalue weighted by molar-refractivity contribution is -0.137. The van der Waals surface area contributed by atoms with Gasteiger partial charge in [-0.15, -0.1) is 0 Å². The van der Waals surface area contributed by atoms with Gasteiger partial charge in [0.15, 0.2) is 0 Å². The number of benzene rings is 2. The highest BCUT2D eigenvalue weighted by Gasteiger charge is 2.36. The Kier molecular flexibility index (Phi) is 5.94. The molecule has 9 nitrogen and oxygen atoms in total. The first kappa shape index (κ1) is 23.9. The number of hydrogen-bond donors (Lipinski definition) is 1. The van der Waals surface area contributed by atoms with E-state index in [1.54, 1.807) is 12.1 Å². The highest BCUT2D eigenvalue weighted by Crippen LogP contribution is 2.44. The maximum absolute atomic E-state index is 13.5. The topological polar surface area (TPSA) is 111 Å². The Balaban J connectivity index is 1.53. The summed E-state index contributed by atoms with van der Waals surface area (Å²) in [6, 6.07) is 9.09. The van der Waals surface area contributed by atoms with Gasteiger partial charge in [0, 0.05) is 29.9 Å². The lowest BCUT2D eigenvalue weighted by Gasteiger charge is -2.30. The van der Waals surface area contributed by atoms with Crippen molar-refractivity contribution in [3.63, 3.8) is 0 Å². The van der Waals surface area contributed by atoms with Crippen LogP contribution in [0.4, 0.5) is 29.6 Å². The van der Waals surface area contributed by atoms with Crippen LogP contribution >= 0.6 is 0 Å². The molecule has 0 spiro atoms. The molecule has 3 heterocycles. The first-order valence-corrected chi connectivity index (χ1v) is 12.3. The number of anilines is 2. The van der Waals surface area contributed by atoms with Gasteiger partial charge in [-0.3, -0.25) is 4.90 Å². The van der Waals surface area contributed by atoms with Gasteiger partial charge in [0.25, 0.3) is 10.0 Å². The van der Waals surface area contributed by atoms with E-state index in [4.69, 9.17) is 9.47 Å². The highest BCUT2D eigenvalue weighted by molar-refractivity contribution is 7.92. The second-order valence-corrected chi connectivity index (χ2v) is 9.79. The van der Waals surface area contributed by atoms with Crippen molar-refractivity contribution in [1.82, 2.24) is 9.97 Å². The monoisotopic (exact) mass is 520 g/mol. The second kappa shape index (κ2) is 8.97. The fourth-order valence-corrected chi connectivity index (χ4v) is 5.22. The van der Waals surface area contributed by atoms with Gasteiger partial charge in [-0.1, -0.05) is 12.1 Å². The molecular weight excluding hydrogens is 501 g/mol. The van der Waals surface area contributed by atoms with Gasteiger partial charge < -0.3 is 9.47 Å². The molecule has 0 aliphatic carbocycles. The van der Waals surface area contributed by atoms with Crippen molar-refractivity contribution >= 4 is 27.8 Å². The van der Waals surface area contributed by atoms with E-state index in [2.05, 4.69) is 14.7 Å². The van der Waals surface area contributed by atoms with Gasteiger partial charge >= 0.3 is 12.3 Å². The maximum Gasteiger partial charge on any atom is 0.416 e. The summed E-state index contributed by atoms with van der Waals surface area (Å²) in [5, 5.41) is 0. The number of rotatable bonds is 5. The minimum atomic E-state index is -4.59. The molecule has 13 heteroatoms. The number of amides is 1. The molecule has 3 aromatic rings. The van der Waals surface area contributed by atoms with Gasteiger partial charge in [0.1, 0.15) is 12.4 Å². The molecule has 1 aromatic heterocycles. The molecule has 0 unspecified atom stereocenters. The van der Waals surface area contributed by atoms with E-state index in [0.29, 0.717) is 17.5 Å². The molecule has 1 fully saturated rings. The van der Waals surface area contributed by atoms with Gasteiger partial charge in [-0.2, -0.15) is 13.2 Å². The van der Waals surface area contributed by atoms with Crippen molar-refractivity contribution < 1.29 is 35.9 Å². The number of carbonyl (C=O) groups is 1. The number of nitrogens with zero attached hydrogens (tertiary/aromatic N) is 3. The molecule has 1 atom stereocenters. The Morgan fingerprint density at radius 3 is 2.44 bits per heavy atom. The molecular formula is C23H19F3N4O5S. The maximum atomic E-state index is 13.5. The lowest BCUT2D eigenvalue weighted by Crippen LogP contribution is -2.27. The Hall–Kier alpha value is -3.87. The third-order valence-electron chi connectivity index (χ3n) is 5.91. The Bertz CT molecular complexity index is 1420. The Labute approximate surface area is 203 Å². The number of alkyl halides is 3. The van der Waals surface area contributed by atoms with Crippen molar-refractivity contribution in [2.45, 2.75) is 23.4 Å². The summed E-state index contributed by atoms with van der Waals surface area (Å²) < 4.78 is 79.0. The molecule has 1 saturated heterocycles. The smallest absolute Gasteiger partial charge is 0.416 e. The minimum Gasteiger partial charge on any atom is -0.493 e. The average molecular weight is 520 g/mol. The van der Waals surface area contributed by atoms with Crippen LogP contribution in [0.15, 0.2) is 59.8 Å². The molecule has 36 heavy (non-hydrogen) atoms. The summed E-state index contributed by atoms with van der Waals surface area (Å²) in [6.45, 7) is 0.382. The Morgan fingerprint density at radius 1 is 1.00 bits per heavy atom. The van der Waals surface area contributed by atoms with Gasteiger partial charge in [-0.25, -0.2) is 27.9 Å². The third-order valence-corrected chi connectivity index (χ3v) is 7.24. The summed E-state index contributed by atoms with van der Waals surface area (Å²) in [7, 11) is -4.03. The van der Waals surface area contributed by atoms with Crippen molar-refractivity contribution in [3.05, 3.63) is 71.5 Å². The first-order valence-electron chi connectivity index (χ1n) is 10.9. The number of cyclic esters (lactones) is 1. The molecule has 0 bridgehead atoms. The fourth-order valence-electron chi connectivity index (χ4n) is 4.25. The number of fused-ring (bicyclic) bond motifs is 1. The molecule has 188 valence electrons. The summed E-state index contributed by atoms with van der Waals surface area (Å²) >= 11 is 0. The van der Waals surface area contributed by atoms with E-state index in [1.807, 2.05) is 0 Å². The molecule has 2 aromatic carbocycles. The Morgan fingerprint density at radius 2 is 1.75 bits per heavy atom. The number of aromatic nitrogens is 2. The van der Waals surface area contributed by atoms with Crippen molar-refractivity contribution in [3.8, 4) is 5.75 Å². The van der Waals surface area contributed by atoms with Crippen molar-refractivity contribution in [2.75, 3.05) is 29.4 Å². The van der Waals surface area contributed by atoms with E-state index in [9.17, 15) is 26.4 Å². The fraction of sp³-hybridized carbons (Fsp3) is 0.261. The number of ether oxygens (including phenoxy) is 2. The van der Waals surface area contributed by atoms with Crippen molar-refractivity contribution in [1.29, 1.82) is 0 Å². The molecule has 2 aliphatic heterocycles. The lowest BCUT2D eigenvalue weighted by atomic mass is 9.85. The number of nitrogens with one attached hydrogen (secondary N) is 1. The summed E-state index contributed by atoms with van der Waals surface area (Å²) in [4.78, 5) is 21.0. The molecule has 5 rings (SSSR count). The van der Waals surface area contributed by atoms with Gasteiger partial charge in [-0.05, 0) is 36.2 Å². The normalized spacial score (nSPS) is 17.8. The number of carbonyl (C=O) groups excluding carboxylic acids is 1. The van der Waals surface area contributed by atoms with E-state index in [0.717, 1.165) is 12.1 Å². The zero-order chi connectivity index (χ0) is 25.5. The minimum absolute atomic E-state index is 0.0677. The van der Waals surface area contributed by atoms with Gasteiger partial charge in [0.2, 0.25) is 5.95 Å². The van der Waals surface area contributed by atoms with Crippen LogP contribution in [0.5, 0.6) is 5.75 Å². The first-order chi connectivity index (χ1) is 17.1. The predicted octanol–water partition coefficient (Wildman–Crippen LogP) is 4.17. The zero-order valence-electron chi connectivity index (χ0n) is 18.5. The average Bonchev–Trinajstić information content (AvgIpc) is 3.28. The zero-order valence-corrected chi connectivity index (χ0v) is 19.3. The van der Waals surface area contributed by atoms with Crippen molar-refractivity contribution in [2.24, 2.45) is 0 Å². The van der Waals surface area contributed by atoms with Crippen LogP contribution in [0.2, 0.25) is 0 Å². The van der Waals surface area contributed by atoms with Crippen LogP contribution in [-0.2, 0) is 20.9 Å². The standard InChI is InChI=1S/C23H19F3N4O5S/c24-23(25,26)14-2-4-17(19(12-14)30-9-11-35-22(30)31)16-6-10-34-20-13-15(3-5-18(16)20)36(32,33)29-21-27-7-1-8-28-21/h1-5,7-8,12-13,16H,6,9-11H2,(H,27,28,29)/t16-/m1/s1. The van der Waals surface area contributed by atoms with Crippen LogP contribution < -0.4 is 14.4 Å². The third kappa shape index (κ3) is 4.53. The SMILES string of the molecule is O=C1OCCN1c1cc(C(F)(F)F)ccc1[C@H]1CCOc2cc(S(=O)(=O)Nc3ncccn3)ccc21. The highest BCUT2D eigenvalue weighted by atomic mass is 32.2. The van der Waals surface area contributed by atoms with E-state index in [-0.39, 0.29) is 42.0 Å². The van der Waals surface area contributed by atoms with E-state index in [1.165, 1.54) is 35.5 Å². The van der Waals surface area contributed by atoms with Crippen LogP contribution in [0.25, 0.3) is 0 Å². The quantitative estimate of drug-likeness (QED) is 0.538. The van der Waals surface area contributed by atoms with Crippen LogP contribution in [0, 0.1) is 0 Å². The number of sulfonamides is 1. The van der Waals surface area contributed by atoms with E-state index < -0.39 is 33.8 Å². The molecule has 0 saturated carbocycles.